The van der Waals surface area contributed by atoms with Crippen molar-refractivity contribution in [3.8, 4) is 91.1 Å². The highest BCUT2D eigenvalue weighted by atomic mass is 35.5. The number of ether oxygens (including phenoxy) is 6. The average molecular weight is 848 g/mol. The molecule has 0 saturated heterocycles. The van der Waals surface area contributed by atoms with Gasteiger partial charge in [0, 0.05) is 15.7 Å². The second-order valence-electron chi connectivity index (χ2n) is 12.8. The number of halogens is 2. The topological polar surface area (TPSA) is 125 Å². The van der Waals surface area contributed by atoms with Gasteiger partial charge in [0.2, 0.25) is 11.4 Å². The van der Waals surface area contributed by atoms with Crippen LogP contribution in [0.25, 0.3) is 56.7 Å². The highest BCUT2D eigenvalue weighted by Gasteiger charge is 2.29. The third-order valence-electron chi connectivity index (χ3n) is 9.50. The molecule has 0 aliphatic heterocycles. The fourth-order valence-corrected chi connectivity index (χ4v) is 6.56. The Morgan fingerprint density at radius 3 is 1.30 bits per heavy atom. The van der Waals surface area contributed by atoms with Crippen molar-refractivity contribution in [1.29, 1.82) is 0 Å². The maximum absolute atomic E-state index is 6.02. The van der Waals surface area contributed by atoms with Gasteiger partial charge in [-0.1, -0.05) is 36.4 Å². The molecule has 0 fully saturated rings. The lowest BCUT2D eigenvalue weighted by Gasteiger charge is -2.11. The van der Waals surface area contributed by atoms with E-state index in [1.165, 1.54) is 0 Å². The van der Waals surface area contributed by atoms with Crippen molar-refractivity contribution in [2.75, 3.05) is 42.7 Å². The fraction of sp³-hybridized carbons (Fsp3) is 0.136. The molecule has 8 aromatic rings. The maximum atomic E-state index is 6.02. The molecule has 0 bridgehead atoms. The second kappa shape index (κ2) is 18.6. The van der Waals surface area contributed by atoms with Crippen LogP contribution in [0, 0.1) is 0 Å². The number of rotatable bonds is 13. The largest absolute Gasteiger partial charge is 1.00 e. The quantitative estimate of drug-likeness (QED) is 0.151. The highest BCUT2D eigenvalue weighted by molar-refractivity contribution is 5.70. The van der Waals surface area contributed by atoms with Crippen LogP contribution < -0.4 is 62.8 Å². The van der Waals surface area contributed by atoms with Gasteiger partial charge in [0.25, 0.3) is 0 Å². The Morgan fingerprint density at radius 1 is 0.367 bits per heavy atom. The normalized spacial score (nSPS) is 10.6. The number of hydrogen-bond acceptors (Lipinski definition) is 10. The van der Waals surface area contributed by atoms with Gasteiger partial charge in [-0.3, -0.25) is 0 Å². The van der Waals surface area contributed by atoms with Crippen molar-refractivity contribution in [2.45, 2.75) is 0 Å². The van der Waals surface area contributed by atoms with Crippen molar-refractivity contribution >= 4 is 0 Å². The summed E-state index contributed by atoms with van der Waals surface area (Å²) in [5, 5.41) is 19.7. The molecule has 0 unspecified atom stereocenters. The molecule has 0 N–H and O–H groups in total. The van der Waals surface area contributed by atoms with E-state index in [0.717, 1.165) is 27.9 Å². The summed E-state index contributed by atoms with van der Waals surface area (Å²) < 4.78 is 34.2. The smallest absolute Gasteiger partial charge is 0.340 e. The summed E-state index contributed by atoms with van der Waals surface area (Å²) in [7, 11) is 9.66. The van der Waals surface area contributed by atoms with E-state index < -0.39 is 0 Å². The second-order valence-corrected chi connectivity index (χ2v) is 12.8. The van der Waals surface area contributed by atoms with Crippen LogP contribution in [0.1, 0.15) is 0 Å². The van der Waals surface area contributed by atoms with E-state index in [1.807, 2.05) is 133 Å². The van der Waals surface area contributed by atoms with Crippen molar-refractivity contribution in [3.63, 3.8) is 0 Å². The van der Waals surface area contributed by atoms with Gasteiger partial charge in [-0.25, -0.2) is 0 Å². The first kappa shape index (κ1) is 42.4. The Labute approximate surface area is 358 Å². The first-order valence-corrected chi connectivity index (χ1v) is 18.2. The molecule has 16 heteroatoms. The Kier molecular flexibility index (Phi) is 13.2. The van der Waals surface area contributed by atoms with Crippen molar-refractivity contribution < 1.29 is 62.8 Å². The Bertz CT molecular complexity index is 2730. The lowest BCUT2D eigenvalue weighted by atomic mass is 10.0. The lowest BCUT2D eigenvalue weighted by Crippen LogP contribution is -3.00. The molecule has 0 saturated carbocycles. The minimum Gasteiger partial charge on any atom is -1.00 e. The molecule has 0 spiro atoms. The number of para-hydroxylation sites is 1. The van der Waals surface area contributed by atoms with E-state index in [2.05, 4.69) is 0 Å². The lowest BCUT2D eigenvalue weighted by molar-refractivity contribution is -0.734. The molecular weight excluding hydrogens is 807 g/mol. The predicted molar refractivity (Wildman–Crippen MR) is 215 cm³/mol. The zero-order chi connectivity index (χ0) is 40.2. The molecule has 8 rings (SSSR count). The van der Waals surface area contributed by atoms with Crippen molar-refractivity contribution in [1.82, 2.24) is 30.0 Å². The van der Waals surface area contributed by atoms with Crippen LogP contribution in [0.3, 0.4) is 0 Å². The molecule has 0 aliphatic carbocycles. The Morgan fingerprint density at radius 2 is 0.783 bits per heavy atom. The molecule has 0 amide bonds. The minimum absolute atomic E-state index is 0. The van der Waals surface area contributed by atoms with Gasteiger partial charge in [0.05, 0.1) is 64.0 Å². The van der Waals surface area contributed by atoms with Gasteiger partial charge in [-0.15, -0.1) is 0 Å². The zero-order valence-corrected chi connectivity index (χ0v) is 35.0. The number of tetrazole rings is 2. The molecule has 2 heterocycles. The third-order valence-corrected chi connectivity index (χ3v) is 9.50. The summed E-state index contributed by atoms with van der Waals surface area (Å²) in [4.78, 5) is 6.86. The van der Waals surface area contributed by atoms with Crippen LogP contribution >= 0.6 is 0 Å². The summed E-state index contributed by atoms with van der Waals surface area (Å²) in [6.45, 7) is 0. The summed E-state index contributed by atoms with van der Waals surface area (Å²) in [5.74, 6) is 4.48. The molecule has 306 valence electrons. The third kappa shape index (κ3) is 8.10. The van der Waals surface area contributed by atoms with Crippen molar-refractivity contribution in [2.24, 2.45) is 0 Å². The van der Waals surface area contributed by atoms with Crippen LogP contribution in [0.4, 0.5) is 0 Å². The minimum atomic E-state index is 0. The number of hydrogen-bond donors (Lipinski definition) is 0. The molecule has 6 aromatic carbocycles. The molecule has 2 aromatic heterocycles. The van der Waals surface area contributed by atoms with E-state index in [0.29, 0.717) is 63.2 Å². The fourth-order valence-electron chi connectivity index (χ4n) is 6.56. The number of aromatic nitrogens is 8. The molecule has 14 nitrogen and oxygen atoms in total. The van der Waals surface area contributed by atoms with Gasteiger partial charge in [-0.2, -0.15) is 0 Å². The van der Waals surface area contributed by atoms with Gasteiger partial charge < -0.3 is 53.2 Å². The molecule has 0 atom stereocenters. The Hall–Kier alpha value is -7.16. The van der Waals surface area contributed by atoms with E-state index in [9.17, 15) is 0 Å². The van der Waals surface area contributed by atoms with Crippen LogP contribution in [-0.4, -0.2) is 72.6 Å². The Balaban J connectivity index is 0.00000302. The van der Waals surface area contributed by atoms with Crippen molar-refractivity contribution in [3.05, 3.63) is 133 Å². The maximum Gasteiger partial charge on any atom is 0.340 e. The van der Waals surface area contributed by atoms with Crippen LogP contribution in [0.5, 0.6) is 34.5 Å². The predicted octanol–water partition coefficient (Wildman–Crippen LogP) is 0.462. The van der Waals surface area contributed by atoms with Gasteiger partial charge in [0.1, 0.15) is 11.4 Å². The molecule has 60 heavy (non-hydrogen) atoms. The summed E-state index contributed by atoms with van der Waals surface area (Å²) in [6.07, 6.45) is 0. The summed E-state index contributed by atoms with van der Waals surface area (Å²) >= 11 is 0. The summed E-state index contributed by atoms with van der Waals surface area (Å²) in [6, 6.07) is 42.6. The number of methoxy groups -OCH3 is 6. The van der Waals surface area contributed by atoms with E-state index >= 15 is 0 Å². The first-order valence-electron chi connectivity index (χ1n) is 18.2. The monoisotopic (exact) mass is 846 g/mol. The van der Waals surface area contributed by atoms with Crippen LogP contribution in [0.15, 0.2) is 133 Å². The average Bonchev–Trinajstić information content (AvgIpc) is 3.95. The van der Waals surface area contributed by atoms with Gasteiger partial charge in [-0.05, 0) is 122 Å². The highest BCUT2D eigenvalue weighted by Crippen LogP contribution is 2.34. The molecule has 0 radical (unpaired) electrons. The first-order chi connectivity index (χ1) is 28.5. The molecule has 0 aliphatic rings. The number of benzene rings is 6. The summed E-state index contributed by atoms with van der Waals surface area (Å²) in [5.41, 5.74) is 6.21. The standard InChI is InChI=1S/C44H40N8O6.2ClH/c1-53-37-23-19-32(27-41(37)57-5)44-46-49(33-15-11-8-12-16-33)51(48-44)35-21-17-30(25-39(35)55-3)31-18-22-36(40(26-31)56-4)52-47-43(29-13-9-7-10-14-29)45-50(52)34-20-24-38(54-2)42(28-34)58-6;;/h7-28H,1-6H3;2*1H/q+2;;/p-2. The zero-order valence-electron chi connectivity index (χ0n) is 33.5. The van der Waals surface area contributed by atoms with Crippen LogP contribution in [-0.2, 0) is 0 Å². The van der Waals surface area contributed by atoms with Gasteiger partial charge in [0.15, 0.2) is 34.5 Å². The van der Waals surface area contributed by atoms with Crippen LogP contribution in [0.2, 0.25) is 0 Å². The van der Waals surface area contributed by atoms with E-state index in [-0.39, 0.29) is 24.8 Å². The van der Waals surface area contributed by atoms with E-state index in [4.69, 9.17) is 48.8 Å². The SMILES string of the molecule is COc1ccc(-c2nn(-c3ccccc3)[n+](-c3ccc(-c4ccc(-[n+]5nc(-c6ccccc6)nn5-c5ccc(OC)c(OC)c5)c(OC)c4)cc3OC)n2)cc1OC.[Cl-].[Cl-]. The van der Waals surface area contributed by atoms with E-state index in [1.54, 1.807) is 61.8 Å². The van der Waals surface area contributed by atoms with Gasteiger partial charge >= 0.3 is 11.6 Å². The molecular formula is C44H40Cl2N8O6. The number of nitrogens with zero attached hydrogens (tertiary/aromatic N) is 8.